The van der Waals surface area contributed by atoms with E-state index in [0.29, 0.717) is 25.1 Å². The van der Waals surface area contributed by atoms with Crippen LogP contribution in [0.25, 0.3) is 0 Å². The average Bonchev–Trinajstić information content (AvgIpc) is 2.68. The molecule has 1 N–H and O–H groups in total. The second-order valence-corrected chi connectivity index (χ2v) is 7.38. The van der Waals surface area contributed by atoms with E-state index in [1.54, 1.807) is 12.1 Å². The van der Waals surface area contributed by atoms with E-state index in [2.05, 4.69) is 18.2 Å². The smallest absolute Gasteiger partial charge is 0.253 e. The fourth-order valence-corrected chi connectivity index (χ4v) is 4.11. The number of phenolic OH excluding ortho intramolecular Hbond substituents is 1. The van der Waals surface area contributed by atoms with Crippen LogP contribution in [0.5, 0.6) is 11.5 Å². The molecule has 0 radical (unpaired) electrons. The molecule has 4 nitrogen and oxygen atoms in total. The number of fused-ring (bicyclic) bond motifs is 1. The Labute approximate surface area is 154 Å². The molecule has 4 rings (SSSR count). The zero-order valence-corrected chi connectivity index (χ0v) is 15.2. The third-order valence-electron chi connectivity index (χ3n) is 5.82. The van der Waals surface area contributed by atoms with Crippen LogP contribution in [0, 0.1) is 0 Å². The van der Waals surface area contributed by atoms with E-state index in [9.17, 15) is 9.90 Å². The number of ether oxygens (including phenoxy) is 1. The Morgan fingerprint density at radius 2 is 1.92 bits per heavy atom. The van der Waals surface area contributed by atoms with Gasteiger partial charge in [-0.05, 0) is 54.7 Å². The van der Waals surface area contributed by atoms with Gasteiger partial charge in [-0.3, -0.25) is 4.79 Å². The lowest BCUT2D eigenvalue weighted by molar-refractivity contribution is -0.0106. The van der Waals surface area contributed by atoms with Crippen molar-refractivity contribution in [3.05, 3.63) is 59.2 Å². The number of carbonyl (C=O) groups excluding carboxylic acids is 1. The molecule has 1 amide bonds. The van der Waals surface area contributed by atoms with E-state index in [1.165, 1.54) is 5.56 Å². The van der Waals surface area contributed by atoms with Crippen molar-refractivity contribution in [2.24, 2.45) is 0 Å². The van der Waals surface area contributed by atoms with Gasteiger partial charge in [0.15, 0.2) is 0 Å². The zero-order valence-electron chi connectivity index (χ0n) is 15.2. The molecule has 0 saturated carbocycles. The van der Waals surface area contributed by atoms with Crippen molar-refractivity contribution in [2.75, 3.05) is 13.1 Å². The van der Waals surface area contributed by atoms with E-state index in [1.807, 2.05) is 24.0 Å². The number of amides is 1. The van der Waals surface area contributed by atoms with Crippen LogP contribution in [0.4, 0.5) is 0 Å². The average molecular weight is 351 g/mol. The van der Waals surface area contributed by atoms with Gasteiger partial charge in [-0.15, -0.1) is 0 Å². The summed E-state index contributed by atoms with van der Waals surface area (Å²) in [5.74, 6) is 1.31. The second kappa shape index (κ2) is 6.67. The van der Waals surface area contributed by atoms with Crippen LogP contribution in [-0.4, -0.2) is 34.6 Å². The van der Waals surface area contributed by atoms with Crippen molar-refractivity contribution in [1.82, 2.24) is 4.90 Å². The Kier molecular flexibility index (Phi) is 4.35. The highest BCUT2D eigenvalue weighted by Gasteiger charge is 2.40. The van der Waals surface area contributed by atoms with Crippen molar-refractivity contribution >= 4 is 5.91 Å². The van der Waals surface area contributed by atoms with Crippen LogP contribution in [0.2, 0.25) is 0 Å². The molecule has 0 unspecified atom stereocenters. The number of carbonyl (C=O) groups is 1. The molecule has 2 aromatic carbocycles. The molecule has 26 heavy (non-hydrogen) atoms. The highest BCUT2D eigenvalue weighted by atomic mass is 16.5. The Bertz CT molecular complexity index is 822. The van der Waals surface area contributed by atoms with Crippen molar-refractivity contribution in [3.8, 4) is 11.5 Å². The van der Waals surface area contributed by atoms with Crippen LogP contribution in [0.3, 0.4) is 0 Å². The number of aryl methyl sites for hydroxylation is 2. The monoisotopic (exact) mass is 351 g/mol. The van der Waals surface area contributed by atoms with Crippen LogP contribution in [0.15, 0.2) is 42.5 Å². The Hall–Kier alpha value is -2.49. The molecule has 0 aromatic heterocycles. The van der Waals surface area contributed by atoms with Gasteiger partial charge in [0.25, 0.3) is 5.91 Å². The molecule has 4 heteroatoms. The standard InChI is InChI=1S/C22H25NO3/c1-2-16-15-18(7-8-19(16)24)21(25)23-13-11-22(12-14-23)10-9-17-5-3-4-6-20(17)26-22/h3-8,15,24H,2,9-14H2,1H3. The molecule has 0 aliphatic carbocycles. The highest BCUT2D eigenvalue weighted by Crippen LogP contribution is 2.39. The van der Waals surface area contributed by atoms with Gasteiger partial charge in [-0.1, -0.05) is 25.1 Å². The minimum absolute atomic E-state index is 0.0470. The summed E-state index contributed by atoms with van der Waals surface area (Å²) in [5, 5.41) is 9.83. The molecule has 2 aliphatic rings. The molecule has 136 valence electrons. The van der Waals surface area contributed by atoms with Crippen molar-refractivity contribution in [3.63, 3.8) is 0 Å². The zero-order chi connectivity index (χ0) is 18.1. The Morgan fingerprint density at radius 1 is 1.15 bits per heavy atom. The summed E-state index contributed by atoms with van der Waals surface area (Å²) in [6.45, 7) is 3.40. The van der Waals surface area contributed by atoms with Gasteiger partial charge in [0, 0.05) is 31.5 Å². The summed E-state index contributed by atoms with van der Waals surface area (Å²) >= 11 is 0. The summed E-state index contributed by atoms with van der Waals surface area (Å²) in [5.41, 5.74) is 2.63. The van der Waals surface area contributed by atoms with Gasteiger partial charge < -0.3 is 14.7 Å². The molecule has 0 atom stereocenters. The quantitative estimate of drug-likeness (QED) is 0.891. The van der Waals surface area contributed by atoms with E-state index in [0.717, 1.165) is 37.0 Å². The summed E-state index contributed by atoms with van der Waals surface area (Å²) in [6.07, 6.45) is 4.51. The maximum Gasteiger partial charge on any atom is 0.253 e. The lowest BCUT2D eigenvalue weighted by atomic mass is 9.83. The minimum Gasteiger partial charge on any atom is -0.508 e. The highest BCUT2D eigenvalue weighted by molar-refractivity contribution is 5.94. The molecule has 2 heterocycles. The number of hydrogen-bond donors (Lipinski definition) is 1. The van der Waals surface area contributed by atoms with Crippen LogP contribution in [0.1, 0.15) is 47.7 Å². The maximum atomic E-state index is 12.9. The number of phenols is 1. The SMILES string of the molecule is CCc1cc(C(=O)N2CCC3(CCc4ccccc4O3)CC2)ccc1O. The molecule has 1 spiro atoms. The van der Waals surface area contributed by atoms with Gasteiger partial charge >= 0.3 is 0 Å². The van der Waals surface area contributed by atoms with Gasteiger partial charge in [-0.25, -0.2) is 0 Å². The number of rotatable bonds is 2. The first-order valence-electron chi connectivity index (χ1n) is 9.48. The van der Waals surface area contributed by atoms with E-state index < -0.39 is 0 Å². The topological polar surface area (TPSA) is 49.8 Å². The van der Waals surface area contributed by atoms with Crippen LogP contribution in [-0.2, 0) is 12.8 Å². The molecule has 0 bridgehead atoms. The molecule has 1 fully saturated rings. The van der Waals surface area contributed by atoms with E-state index in [-0.39, 0.29) is 17.3 Å². The van der Waals surface area contributed by atoms with Crippen molar-refractivity contribution < 1.29 is 14.6 Å². The number of likely N-dealkylation sites (tertiary alicyclic amines) is 1. The number of benzene rings is 2. The number of piperidine rings is 1. The first-order valence-corrected chi connectivity index (χ1v) is 9.48. The van der Waals surface area contributed by atoms with E-state index in [4.69, 9.17) is 4.74 Å². The molecule has 2 aromatic rings. The van der Waals surface area contributed by atoms with Crippen LogP contribution < -0.4 is 4.74 Å². The minimum atomic E-state index is -0.130. The van der Waals surface area contributed by atoms with Gasteiger partial charge in [0.1, 0.15) is 17.1 Å². The lowest BCUT2D eigenvalue weighted by Crippen LogP contribution is -2.51. The normalized spacial score (nSPS) is 18.3. The number of para-hydroxylation sites is 1. The summed E-state index contributed by atoms with van der Waals surface area (Å²) in [6, 6.07) is 13.4. The summed E-state index contributed by atoms with van der Waals surface area (Å²) < 4.78 is 6.38. The van der Waals surface area contributed by atoms with E-state index >= 15 is 0 Å². The van der Waals surface area contributed by atoms with Gasteiger partial charge in [0.05, 0.1) is 0 Å². The fourth-order valence-electron chi connectivity index (χ4n) is 4.11. The predicted molar refractivity (Wildman–Crippen MR) is 101 cm³/mol. The molecule has 2 aliphatic heterocycles. The van der Waals surface area contributed by atoms with Crippen LogP contribution >= 0.6 is 0 Å². The Balaban J connectivity index is 1.45. The van der Waals surface area contributed by atoms with Gasteiger partial charge in [0.2, 0.25) is 0 Å². The van der Waals surface area contributed by atoms with Crippen molar-refractivity contribution in [2.45, 2.75) is 44.6 Å². The van der Waals surface area contributed by atoms with Gasteiger partial charge in [-0.2, -0.15) is 0 Å². The first-order chi connectivity index (χ1) is 12.6. The Morgan fingerprint density at radius 3 is 2.69 bits per heavy atom. The molecular weight excluding hydrogens is 326 g/mol. The number of nitrogens with zero attached hydrogens (tertiary/aromatic N) is 1. The lowest BCUT2D eigenvalue weighted by Gasteiger charge is -2.44. The maximum absolute atomic E-state index is 12.9. The number of hydrogen-bond acceptors (Lipinski definition) is 3. The fraction of sp³-hybridized carbons (Fsp3) is 0.409. The molecular formula is C22H25NO3. The van der Waals surface area contributed by atoms with Crippen molar-refractivity contribution in [1.29, 1.82) is 0 Å². The third-order valence-corrected chi connectivity index (χ3v) is 5.82. The second-order valence-electron chi connectivity index (χ2n) is 7.38. The predicted octanol–water partition coefficient (Wildman–Crippen LogP) is 3.95. The summed E-state index contributed by atoms with van der Waals surface area (Å²) in [4.78, 5) is 14.8. The first kappa shape index (κ1) is 17.0. The molecule has 1 saturated heterocycles. The third kappa shape index (κ3) is 3.05. The number of aromatic hydroxyl groups is 1. The largest absolute Gasteiger partial charge is 0.508 e. The summed E-state index contributed by atoms with van der Waals surface area (Å²) in [7, 11) is 0.